The van der Waals surface area contributed by atoms with Gasteiger partial charge >= 0.3 is 0 Å². The molecule has 1 rings (SSSR count). The summed E-state index contributed by atoms with van der Waals surface area (Å²) >= 11 is 0. The Morgan fingerprint density at radius 2 is 2.29 bits per heavy atom. The molecule has 0 aromatic rings. The average molecular weight is 195 g/mol. The maximum atomic E-state index is 11.1. The van der Waals surface area contributed by atoms with Crippen molar-refractivity contribution in [2.75, 3.05) is 0 Å². The summed E-state index contributed by atoms with van der Waals surface area (Å²) in [5, 5.41) is 2.97. The van der Waals surface area contributed by atoms with E-state index in [2.05, 4.69) is 25.7 Å². The molecule has 2 nitrogen and oxygen atoms in total. The molecule has 1 N–H and O–H groups in total. The number of rotatable bonds is 4. The first kappa shape index (κ1) is 11.3. The lowest BCUT2D eigenvalue weighted by Crippen LogP contribution is -2.31. The van der Waals surface area contributed by atoms with Crippen molar-refractivity contribution in [1.82, 2.24) is 5.32 Å². The van der Waals surface area contributed by atoms with E-state index in [1.54, 1.807) is 0 Å². The van der Waals surface area contributed by atoms with Crippen molar-refractivity contribution < 1.29 is 4.79 Å². The SMILES string of the molecule is C=CC(=O)NC1CC[C@H](CC(C)C)C1. The summed E-state index contributed by atoms with van der Waals surface area (Å²) in [6.07, 6.45) is 6.20. The van der Waals surface area contributed by atoms with Crippen LogP contribution in [0.1, 0.15) is 39.5 Å². The van der Waals surface area contributed by atoms with Crippen molar-refractivity contribution in [1.29, 1.82) is 0 Å². The van der Waals surface area contributed by atoms with E-state index in [0.717, 1.165) is 24.7 Å². The molecular formula is C12H21NO. The molecule has 0 radical (unpaired) electrons. The Bertz CT molecular complexity index is 210. The van der Waals surface area contributed by atoms with Crippen molar-refractivity contribution >= 4 is 5.91 Å². The van der Waals surface area contributed by atoms with Gasteiger partial charge in [-0.1, -0.05) is 20.4 Å². The monoisotopic (exact) mass is 195 g/mol. The van der Waals surface area contributed by atoms with Gasteiger partial charge in [0.15, 0.2) is 0 Å². The van der Waals surface area contributed by atoms with Crippen molar-refractivity contribution in [2.45, 2.75) is 45.6 Å². The fourth-order valence-electron chi connectivity index (χ4n) is 2.35. The number of hydrogen-bond donors (Lipinski definition) is 1. The zero-order valence-electron chi connectivity index (χ0n) is 9.25. The van der Waals surface area contributed by atoms with Gasteiger partial charge in [-0.3, -0.25) is 4.79 Å². The molecule has 1 unspecified atom stereocenters. The molecule has 0 aromatic heterocycles. The quantitative estimate of drug-likeness (QED) is 0.686. The second-order valence-corrected chi connectivity index (χ2v) is 4.72. The molecule has 0 aromatic carbocycles. The molecule has 0 spiro atoms. The molecule has 1 saturated carbocycles. The summed E-state index contributed by atoms with van der Waals surface area (Å²) < 4.78 is 0. The van der Waals surface area contributed by atoms with E-state index in [-0.39, 0.29) is 5.91 Å². The van der Waals surface area contributed by atoms with Crippen LogP contribution in [0.25, 0.3) is 0 Å². The number of nitrogens with one attached hydrogen (secondary N) is 1. The maximum Gasteiger partial charge on any atom is 0.243 e. The standard InChI is InChI=1S/C12H21NO/c1-4-12(14)13-11-6-5-10(8-11)7-9(2)3/h4,9-11H,1,5-8H2,2-3H3,(H,13,14)/t10-,11?/m1/s1. The normalized spacial score (nSPS) is 26.5. The summed E-state index contributed by atoms with van der Waals surface area (Å²) in [7, 11) is 0. The Balaban J connectivity index is 2.26. The molecule has 0 saturated heterocycles. The second-order valence-electron chi connectivity index (χ2n) is 4.72. The van der Waals surface area contributed by atoms with Crippen LogP contribution in [0.2, 0.25) is 0 Å². The average Bonchev–Trinajstić information content (AvgIpc) is 2.51. The van der Waals surface area contributed by atoms with Gasteiger partial charge in [0.1, 0.15) is 0 Å². The lowest BCUT2D eigenvalue weighted by Gasteiger charge is -2.13. The van der Waals surface area contributed by atoms with Crippen LogP contribution < -0.4 is 5.32 Å². The minimum atomic E-state index is -0.0276. The molecule has 0 aliphatic heterocycles. The van der Waals surface area contributed by atoms with Crippen LogP contribution in [0.5, 0.6) is 0 Å². The molecule has 2 atom stereocenters. The molecule has 14 heavy (non-hydrogen) atoms. The van der Waals surface area contributed by atoms with Gasteiger partial charge in [0.2, 0.25) is 5.91 Å². The topological polar surface area (TPSA) is 29.1 Å². The summed E-state index contributed by atoms with van der Waals surface area (Å²) in [5.41, 5.74) is 0. The third-order valence-electron chi connectivity index (χ3n) is 2.88. The number of amides is 1. The smallest absolute Gasteiger partial charge is 0.243 e. The van der Waals surface area contributed by atoms with Gasteiger partial charge in [-0.15, -0.1) is 0 Å². The fourth-order valence-corrected chi connectivity index (χ4v) is 2.35. The molecule has 0 heterocycles. The highest BCUT2D eigenvalue weighted by Crippen LogP contribution is 2.30. The Morgan fingerprint density at radius 3 is 2.86 bits per heavy atom. The van der Waals surface area contributed by atoms with Crippen LogP contribution in [-0.4, -0.2) is 11.9 Å². The van der Waals surface area contributed by atoms with Crippen molar-refractivity contribution in [2.24, 2.45) is 11.8 Å². The number of carbonyl (C=O) groups is 1. The molecule has 1 fully saturated rings. The van der Waals surface area contributed by atoms with Gasteiger partial charge in [0.05, 0.1) is 0 Å². The number of hydrogen-bond acceptors (Lipinski definition) is 1. The minimum absolute atomic E-state index is 0.0276. The lowest BCUT2D eigenvalue weighted by molar-refractivity contribution is -0.117. The van der Waals surface area contributed by atoms with Crippen molar-refractivity contribution in [3.8, 4) is 0 Å². The second kappa shape index (κ2) is 5.18. The maximum absolute atomic E-state index is 11.1. The lowest BCUT2D eigenvalue weighted by atomic mass is 9.96. The van der Waals surface area contributed by atoms with Crippen LogP contribution in [0, 0.1) is 11.8 Å². The first-order chi connectivity index (χ1) is 6.61. The summed E-state index contributed by atoms with van der Waals surface area (Å²) in [6, 6.07) is 0.393. The highest BCUT2D eigenvalue weighted by atomic mass is 16.1. The Labute approximate surface area is 86.8 Å². The van der Waals surface area contributed by atoms with Crippen LogP contribution in [0.4, 0.5) is 0 Å². The molecule has 1 amide bonds. The molecule has 2 heteroatoms. The van der Waals surface area contributed by atoms with Crippen molar-refractivity contribution in [3.63, 3.8) is 0 Å². The van der Waals surface area contributed by atoms with E-state index in [0.29, 0.717) is 6.04 Å². The first-order valence-electron chi connectivity index (χ1n) is 5.54. The van der Waals surface area contributed by atoms with Crippen LogP contribution in [0.3, 0.4) is 0 Å². The Hall–Kier alpha value is -0.790. The minimum Gasteiger partial charge on any atom is -0.350 e. The largest absolute Gasteiger partial charge is 0.350 e. The van der Waals surface area contributed by atoms with Crippen LogP contribution >= 0.6 is 0 Å². The predicted octanol–water partition coefficient (Wildman–Crippen LogP) is 2.50. The Morgan fingerprint density at radius 1 is 1.57 bits per heavy atom. The van der Waals surface area contributed by atoms with E-state index < -0.39 is 0 Å². The van der Waals surface area contributed by atoms with Gasteiger partial charge < -0.3 is 5.32 Å². The van der Waals surface area contributed by atoms with E-state index >= 15 is 0 Å². The predicted molar refractivity (Wildman–Crippen MR) is 58.9 cm³/mol. The number of carbonyl (C=O) groups excluding carboxylic acids is 1. The van der Waals surface area contributed by atoms with E-state index in [9.17, 15) is 4.79 Å². The van der Waals surface area contributed by atoms with Crippen molar-refractivity contribution in [3.05, 3.63) is 12.7 Å². The van der Waals surface area contributed by atoms with Gasteiger partial charge in [-0.05, 0) is 43.6 Å². The summed E-state index contributed by atoms with van der Waals surface area (Å²) in [6.45, 7) is 7.98. The van der Waals surface area contributed by atoms with E-state index in [1.807, 2.05) is 0 Å². The highest BCUT2D eigenvalue weighted by Gasteiger charge is 2.25. The van der Waals surface area contributed by atoms with Gasteiger partial charge in [0.25, 0.3) is 0 Å². The zero-order valence-corrected chi connectivity index (χ0v) is 9.25. The Kier molecular flexibility index (Phi) is 4.18. The van der Waals surface area contributed by atoms with E-state index in [4.69, 9.17) is 0 Å². The summed E-state index contributed by atoms with van der Waals surface area (Å²) in [5.74, 6) is 1.55. The van der Waals surface area contributed by atoms with Crippen LogP contribution in [-0.2, 0) is 4.79 Å². The molecule has 1 aliphatic rings. The first-order valence-corrected chi connectivity index (χ1v) is 5.54. The van der Waals surface area contributed by atoms with Crippen LogP contribution in [0.15, 0.2) is 12.7 Å². The van der Waals surface area contributed by atoms with Gasteiger partial charge in [0, 0.05) is 6.04 Å². The summed E-state index contributed by atoms with van der Waals surface area (Å²) in [4.78, 5) is 11.1. The third kappa shape index (κ3) is 3.52. The molecule has 1 aliphatic carbocycles. The fraction of sp³-hybridized carbons (Fsp3) is 0.750. The molecular weight excluding hydrogens is 174 g/mol. The van der Waals surface area contributed by atoms with Gasteiger partial charge in [-0.25, -0.2) is 0 Å². The van der Waals surface area contributed by atoms with E-state index in [1.165, 1.54) is 18.9 Å². The molecule has 0 bridgehead atoms. The van der Waals surface area contributed by atoms with Gasteiger partial charge in [-0.2, -0.15) is 0 Å². The third-order valence-corrected chi connectivity index (χ3v) is 2.88. The highest BCUT2D eigenvalue weighted by molar-refractivity contribution is 5.87. The zero-order chi connectivity index (χ0) is 10.6. The molecule has 80 valence electrons.